The van der Waals surface area contributed by atoms with Gasteiger partial charge in [-0.15, -0.1) is 0 Å². The number of nitrogens with zero attached hydrogens (tertiary/aromatic N) is 1. The molecule has 0 heterocycles. The van der Waals surface area contributed by atoms with Crippen LogP contribution in [0.3, 0.4) is 0 Å². The normalized spacial score (nSPS) is 10.6. The second kappa shape index (κ2) is 13.8. The number of carbonyl (C=O) groups is 3. The van der Waals surface area contributed by atoms with Crippen molar-refractivity contribution in [1.29, 1.82) is 0 Å². The Morgan fingerprint density at radius 3 is 2.10 bits per heavy atom. The topological polar surface area (TPSA) is 115 Å². The fraction of sp³-hybridized carbons (Fsp3) is 0.0968. The first-order valence-electron chi connectivity index (χ1n) is 12.5. The van der Waals surface area contributed by atoms with Crippen LogP contribution in [-0.2, 0) is 0 Å². The highest BCUT2D eigenvalue weighted by molar-refractivity contribution is 6.30. The molecular formula is C31H26ClN3O6. The second-order valence-electron chi connectivity index (χ2n) is 8.49. The number of carbonyl (C=O) groups excluding carboxylic acids is 3. The zero-order valence-electron chi connectivity index (χ0n) is 22.2. The number of hydrazone groups is 1. The zero-order chi connectivity index (χ0) is 29.2. The maximum atomic E-state index is 12.5. The van der Waals surface area contributed by atoms with Gasteiger partial charge in [-0.2, -0.15) is 5.10 Å². The van der Waals surface area contributed by atoms with Crippen molar-refractivity contribution in [2.75, 3.05) is 19.0 Å². The number of rotatable bonds is 10. The first-order valence-corrected chi connectivity index (χ1v) is 12.9. The number of hydrogen-bond donors (Lipinski definition) is 2. The Labute approximate surface area is 241 Å². The average Bonchev–Trinajstić information content (AvgIpc) is 2.99. The quantitative estimate of drug-likeness (QED) is 0.105. The number of hydrogen-bond acceptors (Lipinski definition) is 7. The van der Waals surface area contributed by atoms with Crippen LogP contribution in [0.1, 0.15) is 43.6 Å². The molecule has 4 aromatic carbocycles. The van der Waals surface area contributed by atoms with Crippen molar-refractivity contribution in [2.45, 2.75) is 6.92 Å². The van der Waals surface area contributed by atoms with Crippen molar-refractivity contribution in [2.24, 2.45) is 5.10 Å². The fourth-order valence-corrected chi connectivity index (χ4v) is 3.71. The van der Waals surface area contributed by atoms with Gasteiger partial charge in [0.2, 0.25) is 0 Å². The molecule has 2 amide bonds. The summed E-state index contributed by atoms with van der Waals surface area (Å²) in [6, 6.07) is 24.4. The number of methoxy groups -OCH3 is 1. The van der Waals surface area contributed by atoms with E-state index in [4.69, 9.17) is 25.8 Å². The Bertz CT molecular complexity index is 1550. The van der Waals surface area contributed by atoms with Gasteiger partial charge < -0.3 is 19.5 Å². The molecule has 10 heteroatoms. The van der Waals surface area contributed by atoms with E-state index in [0.29, 0.717) is 51.1 Å². The lowest BCUT2D eigenvalue weighted by molar-refractivity contribution is 0.0728. The van der Waals surface area contributed by atoms with Crippen molar-refractivity contribution < 1.29 is 28.6 Å². The first kappa shape index (κ1) is 28.8. The number of halogens is 1. The van der Waals surface area contributed by atoms with Crippen LogP contribution in [0.25, 0.3) is 0 Å². The highest BCUT2D eigenvalue weighted by atomic mass is 35.5. The molecule has 0 saturated heterocycles. The summed E-state index contributed by atoms with van der Waals surface area (Å²) in [5.41, 5.74) is 4.77. The molecule has 0 aliphatic rings. The molecule has 0 aliphatic carbocycles. The molecule has 0 spiro atoms. The Morgan fingerprint density at radius 1 is 0.805 bits per heavy atom. The molecule has 0 bridgehead atoms. The monoisotopic (exact) mass is 571 g/mol. The van der Waals surface area contributed by atoms with Crippen molar-refractivity contribution in [3.63, 3.8) is 0 Å². The molecule has 0 atom stereocenters. The van der Waals surface area contributed by atoms with Gasteiger partial charge in [-0.1, -0.05) is 11.6 Å². The highest BCUT2D eigenvalue weighted by Gasteiger charge is 2.14. The third kappa shape index (κ3) is 7.93. The number of amides is 2. The summed E-state index contributed by atoms with van der Waals surface area (Å²) in [5, 5.41) is 7.30. The van der Waals surface area contributed by atoms with E-state index in [-0.39, 0.29) is 11.7 Å². The van der Waals surface area contributed by atoms with Gasteiger partial charge in [-0.25, -0.2) is 10.2 Å². The molecule has 2 N–H and O–H groups in total. The summed E-state index contributed by atoms with van der Waals surface area (Å²) in [4.78, 5) is 37.5. The van der Waals surface area contributed by atoms with Gasteiger partial charge in [-0.05, 0) is 103 Å². The van der Waals surface area contributed by atoms with Gasteiger partial charge in [0.15, 0.2) is 11.5 Å². The number of ether oxygens (including phenoxy) is 3. The lowest BCUT2D eigenvalue weighted by atomic mass is 10.1. The van der Waals surface area contributed by atoms with Gasteiger partial charge in [0.05, 0.1) is 25.5 Å². The summed E-state index contributed by atoms with van der Waals surface area (Å²) < 4.78 is 16.2. The fourth-order valence-electron chi connectivity index (χ4n) is 3.58. The van der Waals surface area contributed by atoms with Crippen LogP contribution in [-0.4, -0.2) is 37.7 Å². The molecule has 208 valence electrons. The molecule has 0 saturated carbocycles. The summed E-state index contributed by atoms with van der Waals surface area (Å²) in [7, 11) is 1.55. The number of anilines is 1. The number of benzene rings is 4. The molecule has 0 radical (unpaired) electrons. The second-order valence-corrected chi connectivity index (χ2v) is 8.93. The molecule has 0 unspecified atom stereocenters. The predicted molar refractivity (Wildman–Crippen MR) is 156 cm³/mol. The molecular weight excluding hydrogens is 546 g/mol. The van der Waals surface area contributed by atoms with Gasteiger partial charge >= 0.3 is 5.97 Å². The van der Waals surface area contributed by atoms with Crippen LogP contribution in [0.4, 0.5) is 5.69 Å². The molecule has 4 rings (SSSR count). The summed E-state index contributed by atoms with van der Waals surface area (Å²) >= 11 is 5.88. The molecule has 41 heavy (non-hydrogen) atoms. The van der Waals surface area contributed by atoms with Crippen molar-refractivity contribution in [1.82, 2.24) is 5.43 Å². The molecule has 0 aliphatic heterocycles. The SMILES string of the molecule is CCOc1cc(/C=N\NC(=O)c2ccc(NC(=O)c3ccc(OC)cc3)cc2)ccc1OC(=O)c1ccc(Cl)cc1. The maximum Gasteiger partial charge on any atom is 0.343 e. The smallest absolute Gasteiger partial charge is 0.343 e. The van der Waals surface area contributed by atoms with Gasteiger partial charge in [0.1, 0.15) is 5.75 Å². The van der Waals surface area contributed by atoms with Crippen LogP contribution in [0, 0.1) is 0 Å². The van der Waals surface area contributed by atoms with Crippen LogP contribution in [0.2, 0.25) is 5.02 Å². The van der Waals surface area contributed by atoms with Crippen LogP contribution < -0.4 is 25.0 Å². The summed E-state index contributed by atoms with van der Waals surface area (Å²) in [6.45, 7) is 2.15. The van der Waals surface area contributed by atoms with Crippen molar-refractivity contribution in [3.8, 4) is 17.2 Å². The van der Waals surface area contributed by atoms with E-state index in [1.807, 2.05) is 6.92 Å². The Kier molecular flexibility index (Phi) is 9.69. The predicted octanol–water partition coefficient (Wildman–Crippen LogP) is 5.98. The van der Waals surface area contributed by atoms with E-state index in [0.717, 1.165) is 0 Å². The number of esters is 1. The van der Waals surface area contributed by atoms with Gasteiger partial charge in [-0.3, -0.25) is 9.59 Å². The third-order valence-electron chi connectivity index (χ3n) is 5.69. The minimum Gasteiger partial charge on any atom is -0.497 e. The van der Waals surface area contributed by atoms with Gasteiger partial charge in [0, 0.05) is 21.8 Å². The largest absolute Gasteiger partial charge is 0.497 e. The average molecular weight is 572 g/mol. The molecule has 4 aromatic rings. The van der Waals surface area contributed by atoms with E-state index < -0.39 is 11.9 Å². The third-order valence-corrected chi connectivity index (χ3v) is 5.94. The Balaban J connectivity index is 1.34. The first-order chi connectivity index (χ1) is 19.9. The lowest BCUT2D eigenvalue weighted by Crippen LogP contribution is -2.18. The van der Waals surface area contributed by atoms with Crippen LogP contribution in [0.15, 0.2) is 96.1 Å². The van der Waals surface area contributed by atoms with Crippen molar-refractivity contribution in [3.05, 3.63) is 118 Å². The van der Waals surface area contributed by atoms with E-state index in [2.05, 4.69) is 15.8 Å². The number of nitrogens with one attached hydrogen (secondary N) is 2. The minimum absolute atomic E-state index is 0.243. The van der Waals surface area contributed by atoms with Crippen LogP contribution in [0.5, 0.6) is 17.2 Å². The Hall–Kier alpha value is -5.15. The van der Waals surface area contributed by atoms with E-state index >= 15 is 0 Å². The van der Waals surface area contributed by atoms with Crippen LogP contribution >= 0.6 is 11.6 Å². The van der Waals surface area contributed by atoms with E-state index in [1.165, 1.54) is 6.21 Å². The van der Waals surface area contributed by atoms with E-state index in [9.17, 15) is 14.4 Å². The standard InChI is InChI=1S/C31H26ClN3O6/c1-3-40-28-18-20(4-17-27(28)41-31(38)23-5-11-24(32)12-6-23)19-33-35-30(37)22-7-13-25(14-8-22)34-29(36)21-9-15-26(39-2)16-10-21/h4-19H,3H2,1-2H3,(H,34,36)(H,35,37)/b33-19-. The van der Waals surface area contributed by atoms with E-state index in [1.54, 1.807) is 98.1 Å². The zero-order valence-corrected chi connectivity index (χ0v) is 23.0. The molecule has 9 nitrogen and oxygen atoms in total. The highest BCUT2D eigenvalue weighted by Crippen LogP contribution is 2.29. The maximum absolute atomic E-state index is 12.5. The van der Waals surface area contributed by atoms with Gasteiger partial charge in [0.25, 0.3) is 11.8 Å². The minimum atomic E-state index is -0.553. The van der Waals surface area contributed by atoms with Crippen molar-refractivity contribution >= 4 is 41.3 Å². The summed E-state index contributed by atoms with van der Waals surface area (Å²) in [6.07, 6.45) is 1.44. The Morgan fingerprint density at radius 2 is 1.44 bits per heavy atom. The molecule has 0 fully saturated rings. The molecule has 0 aromatic heterocycles. The summed E-state index contributed by atoms with van der Waals surface area (Å²) in [5.74, 6) is -0.0336. The lowest BCUT2D eigenvalue weighted by Gasteiger charge is -2.11.